The lowest BCUT2D eigenvalue weighted by Crippen LogP contribution is -2.83. The van der Waals surface area contributed by atoms with Crippen molar-refractivity contribution >= 4 is 22.7 Å². The van der Waals surface area contributed by atoms with Crippen LogP contribution >= 0.6 is 0 Å². The van der Waals surface area contributed by atoms with Crippen molar-refractivity contribution in [1.82, 2.24) is 0 Å². The van der Waals surface area contributed by atoms with E-state index in [-0.39, 0.29) is 64.9 Å². The largest absolute Gasteiger partial charge is 0.462 e. The Morgan fingerprint density at radius 2 is 1.63 bits per heavy atom. The fraction of sp³-hybridized carbons (Fsp3) is 0.605. The molecule has 436 valence electrons. The molecule has 3 spiro atoms. The number of fused-ring (bicyclic) bond motifs is 6. The van der Waals surface area contributed by atoms with E-state index in [1.54, 1.807) is 22.8 Å². The minimum absolute atomic E-state index is 0.00150. The molecule has 15 rings (SSSR count). The van der Waals surface area contributed by atoms with Crippen LogP contribution in [0.15, 0.2) is 115 Å². The van der Waals surface area contributed by atoms with Crippen LogP contribution in [0.3, 0.4) is 0 Å². The summed E-state index contributed by atoms with van der Waals surface area (Å²) in [5.41, 5.74) is 2.25. The van der Waals surface area contributed by atoms with Crippen LogP contribution in [0.5, 0.6) is 0 Å². The number of hydrogen-bond acceptors (Lipinski definition) is 7. The first kappa shape index (κ1) is 54.6. The number of aryl methyl sites for hydroxylation is 1. The van der Waals surface area contributed by atoms with E-state index in [1.807, 2.05) is 12.2 Å². The molecule has 3 N–H and O–H groups in total. The van der Waals surface area contributed by atoms with Crippen molar-refractivity contribution in [1.29, 1.82) is 0 Å². The van der Waals surface area contributed by atoms with Crippen molar-refractivity contribution in [3.05, 3.63) is 143 Å². The second kappa shape index (κ2) is 19.5. The van der Waals surface area contributed by atoms with E-state index in [0.717, 1.165) is 44.1 Å². The van der Waals surface area contributed by atoms with Gasteiger partial charge < -0.3 is 24.8 Å². The molecule has 1 aliphatic heterocycles. The molecule has 11 aliphatic rings. The number of cyclic esters (lactones) is 1. The van der Waals surface area contributed by atoms with Gasteiger partial charge in [-0.1, -0.05) is 149 Å². The fourth-order valence-electron chi connectivity index (χ4n) is 23.8. The molecule has 0 saturated heterocycles. The molecule has 19 unspecified atom stereocenters. The van der Waals surface area contributed by atoms with Crippen LogP contribution in [0.2, 0.25) is 0 Å². The van der Waals surface area contributed by atoms with Crippen molar-refractivity contribution in [2.24, 2.45) is 62.6 Å². The van der Waals surface area contributed by atoms with Gasteiger partial charge >= 0.3 is 11.9 Å². The third kappa shape index (κ3) is 7.71. The Hall–Kier alpha value is -5.00. The van der Waals surface area contributed by atoms with E-state index in [1.165, 1.54) is 86.6 Å². The lowest BCUT2D eigenvalue weighted by molar-refractivity contribution is -0.363. The molecule has 7 nitrogen and oxygen atoms in total. The molecule has 1 heterocycles. The van der Waals surface area contributed by atoms with Gasteiger partial charge in [0.05, 0.1) is 22.7 Å². The third-order valence-corrected chi connectivity index (χ3v) is 26.8. The zero-order valence-corrected chi connectivity index (χ0v) is 50.0. The molecular weight excluding hydrogens is 1020 g/mol. The quantitative estimate of drug-likeness (QED) is 0.0694. The van der Waals surface area contributed by atoms with Crippen molar-refractivity contribution in [3.8, 4) is 11.8 Å². The Labute approximate surface area is 493 Å². The maximum absolute atomic E-state index is 14.8. The summed E-state index contributed by atoms with van der Waals surface area (Å²) in [7, 11) is 0. The highest BCUT2D eigenvalue weighted by atomic mass is 16.5. The molecule has 10 aliphatic carbocycles. The predicted octanol–water partition coefficient (Wildman–Crippen LogP) is 15.1. The van der Waals surface area contributed by atoms with E-state index < -0.39 is 45.6 Å². The van der Waals surface area contributed by atoms with Crippen LogP contribution in [0.25, 0.3) is 10.8 Å². The first-order chi connectivity index (χ1) is 40.0. The molecule has 19 atom stereocenters. The topological polar surface area (TPSA) is 113 Å². The molecule has 6 fully saturated rings. The second-order valence-electron chi connectivity index (χ2n) is 30.5. The minimum atomic E-state index is -1.69. The number of carbonyl (C=O) groups excluding carboxylic acids is 2. The summed E-state index contributed by atoms with van der Waals surface area (Å²) in [6, 6.07) is 34.9. The van der Waals surface area contributed by atoms with Gasteiger partial charge in [0.15, 0.2) is 0 Å². The van der Waals surface area contributed by atoms with E-state index in [9.17, 15) is 24.9 Å². The zero-order valence-electron chi connectivity index (χ0n) is 50.0. The van der Waals surface area contributed by atoms with Crippen LogP contribution in [-0.4, -0.2) is 57.3 Å². The smallest absolute Gasteiger partial charge is 0.331 e. The second-order valence-corrected chi connectivity index (χ2v) is 30.5. The molecule has 6 saturated carbocycles. The molecule has 6 bridgehead atoms. The number of esters is 2. The fourth-order valence-corrected chi connectivity index (χ4v) is 23.8. The normalized spacial score (nSPS) is 43.2. The predicted molar refractivity (Wildman–Crippen MR) is 325 cm³/mol. The van der Waals surface area contributed by atoms with Gasteiger partial charge in [0.25, 0.3) is 0 Å². The molecule has 4 aromatic rings. The van der Waals surface area contributed by atoms with Crippen molar-refractivity contribution < 1.29 is 34.4 Å². The summed E-state index contributed by atoms with van der Waals surface area (Å²) in [5.74, 6) is 9.37. The average Bonchev–Trinajstić information content (AvgIpc) is 1.49. The van der Waals surface area contributed by atoms with Gasteiger partial charge in [-0.2, -0.15) is 0 Å². The Morgan fingerprint density at radius 1 is 0.807 bits per heavy atom. The summed E-state index contributed by atoms with van der Waals surface area (Å²) in [4.78, 5) is 26.7. The standard InChI is InChI=1S/C76H90O7/c1-48(16-13-19-50-17-7-5-8-18-50)29-36-74(80)39-38-69(3)45-62(83-49(2)77)68-70(4,34-32-63(78)76(68,74)75(69,81)37-31-52-40-64(79)82-46-52)59-41-60-56-25-15-21-53-27-28-57-58-26-11-12-33-72(58,55-23-9-6-10-24-55)44-61-67(66(57)65(53)56)73(60)43-54(59)22-14-20-51-30-35-71(61,42-51)47-73/h5-10,15,17-18,21,23-25,27-28,38-40,48,51,54,58-63,67-68,78,80-81H,11-13,16,19-20,26,29-37,41-47H2,1-4H3. The Bertz CT molecular complexity index is 3370. The molecule has 4 aromatic carbocycles. The minimum Gasteiger partial charge on any atom is -0.462 e. The summed E-state index contributed by atoms with van der Waals surface area (Å²) < 4.78 is 12.3. The van der Waals surface area contributed by atoms with Gasteiger partial charge in [-0.05, 0) is 217 Å². The highest BCUT2D eigenvalue weighted by Gasteiger charge is 2.83. The summed E-state index contributed by atoms with van der Waals surface area (Å²) in [6.07, 6.45) is 23.9. The van der Waals surface area contributed by atoms with Crippen molar-refractivity contribution in [2.45, 2.75) is 216 Å². The highest BCUT2D eigenvalue weighted by Crippen LogP contribution is 2.83. The first-order valence-corrected chi connectivity index (χ1v) is 33.0. The number of hydrogen-bond donors (Lipinski definition) is 3. The van der Waals surface area contributed by atoms with E-state index >= 15 is 0 Å². The number of rotatable bonds is 13. The van der Waals surface area contributed by atoms with E-state index in [0.29, 0.717) is 62.2 Å². The number of aliphatic hydroxyl groups is 3. The lowest BCUT2D eigenvalue weighted by Gasteiger charge is -2.76. The molecule has 0 aromatic heterocycles. The zero-order chi connectivity index (χ0) is 56.9. The van der Waals surface area contributed by atoms with Crippen molar-refractivity contribution in [3.63, 3.8) is 0 Å². The summed E-state index contributed by atoms with van der Waals surface area (Å²) in [6.45, 7) is 8.49. The van der Waals surface area contributed by atoms with Gasteiger partial charge in [-0.25, -0.2) is 4.79 Å². The Balaban J connectivity index is 0.901. The lowest BCUT2D eigenvalue weighted by atomic mass is 9.30. The average molecular weight is 1120 g/mol. The maximum Gasteiger partial charge on any atom is 0.331 e. The number of benzene rings is 4. The van der Waals surface area contributed by atoms with Gasteiger partial charge in [0, 0.05) is 42.1 Å². The van der Waals surface area contributed by atoms with Gasteiger partial charge in [-0.3, -0.25) is 4.79 Å². The molecule has 7 heteroatoms. The SMILES string of the molecule is CC(=O)OC1CC2(C)C=CC(O)(CCC(C)CCCc3ccccc3)C3(C(O)CCC(C)(C4CC5c6cccc7ccc8c(c67)C6C(CC7(c9ccccc9)CCCCC87)C78CCC(CC#CC4CC56C7)C8)C13)C2(O)CCC1=CC(=O)OC1. The Morgan fingerprint density at radius 3 is 2.42 bits per heavy atom. The van der Waals surface area contributed by atoms with Crippen LogP contribution < -0.4 is 0 Å². The van der Waals surface area contributed by atoms with Gasteiger partial charge in [-0.15, -0.1) is 5.92 Å². The van der Waals surface area contributed by atoms with Crippen LogP contribution in [0.1, 0.15) is 208 Å². The van der Waals surface area contributed by atoms with Crippen LogP contribution in [0, 0.1) is 74.4 Å². The van der Waals surface area contributed by atoms with Gasteiger partial charge in [0.2, 0.25) is 0 Å². The van der Waals surface area contributed by atoms with Crippen LogP contribution in [-0.2, 0) is 30.9 Å². The number of ether oxygens (including phenoxy) is 2. The highest BCUT2D eigenvalue weighted by molar-refractivity contribution is 5.93. The Kier molecular flexibility index (Phi) is 12.8. The summed E-state index contributed by atoms with van der Waals surface area (Å²) >= 11 is 0. The molecule has 0 amide bonds. The maximum atomic E-state index is 14.8. The summed E-state index contributed by atoms with van der Waals surface area (Å²) in [5, 5.41) is 45.9. The van der Waals surface area contributed by atoms with E-state index in [2.05, 4.69) is 124 Å². The number of aliphatic hydroxyl groups excluding tert-OH is 1. The van der Waals surface area contributed by atoms with E-state index in [4.69, 9.17) is 9.47 Å². The molecule has 83 heavy (non-hydrogen) atoms. The third-order valence-electron chi connectivity index (χ3n) is 26.8. The molecule has 0 radical (unpaired) electrons. The van der Waals surface area contributed by atoms with Crippen LogP contribution in [0.4, 0.5) is 0 Å². The monoisotopic (exact) mass is 1110 g/mol. The number of carbonyl (C=O) groups is 2. The van der Waals surface area contributed by atoms with Gasteiger partial charge in [0.1, 0.15) is 12.7 Å². The molecular formula is C76H90O7. The first-order valence-electron chi connectivity index (χ1n) is 33.0. The van der Waals surface area contributed by atoms with Crippen molar-refractivity contribution in [2.75, 3.05) is 6.61 Å².